The van der Waals surface area contributed by atoms with E-state index in [1.165, 1.54) is 0 Å². The fraction of sp³-hybridized carbons (Fsp3) is 0.500. The average Bonchev–Trinajstić information content (AvgIpc) is 2.26. The zero-order valence-electron chi connectivity index (χ0n) is 8.90. The van der Waals surface area contributed by atoms with Gasteiger partial charge in [-0.3, -0.25) is 0 Å². The molecule has 16 heavy (non-hydrogen) atoms. The lowest BCUT2D eigenvalue weighted by Crippen LogP contribution is -2.43. The summed E-state index contributed by atoms with van der Waals surface area (Å²) in [6.45, 7) is 1.30. The maximum Gasteiger partial charge on any atom is 0.127 e. The largest absolute Gasteiger partial charge is 0.314 e. The molecule has 4 heteroatoms. The summed E-state index contributed by atoms with van der Waals surface area (Å²) in [6.07, 6.45) is 1.79. The quantitative estimate of drug-likeness (QED) is 0.858. The van der Waals surface area contributed by atoms with Crippen molar-refractivity contribution in [3.8, 4) is 0 Å². The van der Waals surface area contributed by atoms with Gasteiger partial charge in [0.15, 0.2) is 0 Å². The Morgan fingerprint density at radius 3 is 2.88 bits per heavy atom. The number of piperidine rings is 1. The van der Waals surface area contributed by atoms with Crippen molar-refractivity contribution in [1.29, 1.82) is 0 Å². The molecule has 1 aromatic carbocycles. The van der Waals surface area contributed by atoms with Gasteiger partial charge >= 0.3 is 0 Å². The lowest BCUT2D eigenvalue weighted by molar-refractivity contribution is 0.122. The van der Waals surface area contributed by atoms with Gasteiger partial charge in [0.1, 0.15) is 5.67 Å². The van der Waals surface area contributed by atoms with Gasteiger partial charge in [-0.15, -0.1) is 0 Å². The molecule has 0 saturated carbocycles. The lowest BCUT2D eigenvalue weighted by atomic mass is 9.89. The van der Waals surface area contributed by atoms with Crippen LogP contribution in [0.1, 0.15) is 18.4 Å². The van der Waals surface area contributed by atoms with Crippen molar-refractivity contribution in [3.63, 3.8) is 0 Å². The molecule has 0 aromatic heterocycles. The number of hydrogen-bond donors (Lipinski definition) is 1. The van der Waals surface area contributed by atoms with Crippen LogP contribution >= 0.6 is 23.2 Å². The second-order valence-corrected chi connectivity index (χ2v) is 5.11. The Morgan fingerprint density at radius 2 is 2.19 bits per heavy atom. The summed E-state index contributed by atoms with van der Waals surface area (Å²) in [7, 11) is 0. The van der Waals surface area contributed by atoms with Gasteiger partial charge in [-0.1, -0.05) is 35.3 Å². The second-order valence-electron chi connectivity index (χ2n) is 4.32. The van der Waals surface area contributed by atoms with E-state index in [0.717, 1.165) is 18.5 Å². The van der Waals surface area contributed by atoms with E-state index in [9.17, 15) is 4.39 Å². The minimum atomic E-state index is -1.19. The van der Waals surface area contributed by atoms with Crippen LogP contribution in [0.25, 0.3) is 0 Å². The standard InChI is InChI=1S/C12H14Cl2FN/c13-10-4-1-3-9(11(10)14)7-12(15)5-2-6-16-8-12/h1,3-4,16H,2,5-8H2. The first-order chi connectivity index (χ1) is 7.61. The van der Waals surface area contributed by atoms with E-state index in [2.05, 4.69) is 5.32 Å². The first-order valence-corrected chi connectivity index (χ1v) is 6.19. The molecule has 1 aromatic rings. The van der Waals surface area contributed by atoms with E-state index in [4.69, 9.17) is 23.2 Å². The number of nitrogens with one attached hydrogen (secondary N) is 1. The molecule has 1 heterocycles. The predicted molar refractivity (Wildman–Crippen MR) is 66.1 cm³/mol. The lowest BCUT2D eigenvalue weighted by Gasteiger charge is -2.30. The Bertz CT molecular complexity index is 375. The van der Waals surface area contributed by atoms with E-state index in [1.807, 2.05) is 12.1 Å². The highest BCUT2D eigenvalue weighted by molar-refractivity contribution is 6.42. The van der Waals surface area contributed by atoms with Gasteiger partial charge in [0, 0.05) is 13.0 Å². The first kappa shape index (κ1) is 12.2. The Hall–Kier alpha value is -0.310. The Balaban J connectivity index is 2.16. The van der Waals surface area contributed by atoms with Crippen molar-refractivity contribution in [2.24, 2.45) is 0 Å². The van der Waals surface area contributed by atoms with Crippen LogP contribution in [0.5, 0.6) is 0 Å². The monoisotopic (exact) mass is 261 g/mol. The molecule has 0 spiro atoms. The van der Waals surface area contributed by atoms with Crippen molar-refractivity contribution in [2.75, 3.05) is 13.1 Å². The van der Waals surface area contributed by atoms with Crippen LogP contribution in [-0.2, 0) is 6.42 Å². The van der Waals surface area contributed by atoms with Gasteiger partial charge in [0.25, 0.3) is 0 Å². The molecule has 1 aliphatic heterocycles. The van der Waals surface area contributed by atoms with Crippen LogP contribution in [0.3, 0.4) is 0 Å². The van der Waals surface area contributed by atoms with Gasteiger partial charge in [-0.2, -0.15) is 0 Å². The Morgan fingerprint density at radius 1 is 1.38 bits per heavy atom. The molecule has 1 N–H and O–H groups in total. The molecule has 1 saturated heterocycles. The van der Waals surface area contributed by atoms with E-state index in [1.54, 1.807) is 6.07 Å². The predicted octanol–water partition coefficient (Wildman–Crippen LogP) is 3.63. The highest BCUT2D eigenvalue weighted by Crippen LogP contribution is 2.32. The number of halogens is 3. The fourth-order valence-electron chi connectivity index (χ4n) is 2.11. The van der Waals surface area contributed by atoms with Gasteiger partial charge < -0.3 is 5.32 Å². The minimum Gasteiger partial charge on any atom is -0.314 e. The third-order valence-electron chi connectivity index (χ3n) is 2.96. The van der Waals surface area contributed by atoms with Crippen molar-refractivity contribution >= 4 is 23.2 Å². The molecule has 1 unspecified atom stereocenters. The molecule has 0 aliphatic carbocycles. The van der Waals surface area contributed by atoms with Crippen molar-refractivity contribution < 1.29 is 4.39 Å². The zero-order valence-corrected chi connectivity index (χ0v) is 10.4. The molecule has 2 rings (SSSR count). The molecule has 1 nitrogen and oxygen atoms in total. The molecular formula is C12H14Cl2FN. The molecule has 1 fully saturated rings. The summed E-state index contributed by atoms with van der Waals surface area (Å²) < 4.78 is 14.4. The fourth-order valence-corrected chi connectivity index (χ4v) is 2.50. The smallest absolute Gasteiger partial charge is 0.127 e. The summed E-state index contributed by atoms with van der Waals surface area (Å²) in [4.78, 5) is 0. The molecule has 88 valence electrons. The third kappa shape index (κ3) is 2.68. The van der Waals surface area contributed by atoms with Crippen LogP contribution in [-0.4, -0.2) is 18.8 Å². The van der Waals surface area contributed by atoms with E-state index in [-0.39, 0.29) is 0 Å². The second kappa shape index (κ2) is 4.91. The summed E-state index contributed by atoms with van der Waals surface area (Å²) in [6, 6.07) is 5.37. The normalized spacial score (nSPS) is 25.7. The van der Waals surface area contributed by atoms with Crippen molar-refractivity contribution in [2.45, 2.75) is 24.9 Å². The maximum absolute atomic E-state index is 14.4. The summed E-state index contributed by atoms with van der Waals surface area (Å²) in [5.74, 6) is 0. The molecular weight excluding hydrogens is 248 g/mol. The van der Waals surface area contributed by atoms with Crippen LogP contribution < -0.4 is 5.32 Å². The van der Waals surface area contributed by atoms with E-state index >= 15 is 0 Å². The van der Waals surface area contributed by atoms with E-state index < -0.39 is 5.67 Å². The van der Waals surface area contributed by atoms with Crippen LogP contribution in [0.2, 0.25) is 10.0 Å². The molecule has 0 bridgehead atoms. The minimum absolute atomic E-state index is 0.333. The number of hydrogen-bond acceptors (Lipinski definition) is 1. The van der Waals surface area contributed by atoms with Crippen molar-refractivity contribution in [1.82, 2.24) is 5.32 Å². The van der Waals surface area contributed by atoms with Crippen molar-refractivity contribution in [3.05, 3.63) is 33.8 Å². The van der Waals surface area contributed by atoms with Crippen LogP contribution in [0, 0.1) is 0 Å². The molecule has 0 radical (unpaired) electrons. The first-order valence-electron chi connectivity index (χ1n) is 5.43. The zero-order chi connectivity index (χ0) is 11.6. The summed E-state index contributed by atoms with van der Waals surface area (Å²) in [5, 5.41) is 4.05. The van der Waals surface area contributed by atoms with Crippen LogP contribution in [0.15, 0.2) is 18.2 Å². The number of benzene rings is 1. The van der Waals surface area contributed by atoms with E-state index in [0.29, 0.717) is 29.4 Å². The van der Waals surface area contributed by atoms with Gasteiger partial charge in [0.05, 0.1) is 10.0 Å². The Labute approximate surface area is 105 Å². The number of rotatable bonds is 2. The van der Waals surface area contributed by atoms with Gasteiger partial charge in [0.2, 0.25) is 0 Å². The third-order valence-corrected chi connectivity index (χ3v) is 3.82. The van der Waals surface area contributed by atoms with Gasteiger partial charge in [-0.05, 0) is 31.0 Å². The summed E-state index contributed by atoms with van der Waals surface area (Å²) >= 11 is 12.0. The average molecular weight is 262 g/mol. The topological polar surface area (TPSA) is 12.0 Å². The van der Waals surface area contributed by atoms with Crippen LogP contribution in [0.4, 0.5) is 4.39 Å². The highest BCUT2D eigenvalue weighted by Gasteiger charge is 2.32. The number of alkyl halides is 1. The maximum atomic E-state index is 14.4. The molecule has 1 atom stereocenters. The summed E-state index contributed by atoms with van der Waals surface area (Å²) in [5.41, 5.74) is -0.396. The molecule has 1 aliphatic rings. The Kier molecular flexibility index (Phi) is 3.73. The van der Waals surface area contributed by atoms with Gasteiger partial charge in [-0.25, -0.2) is 4.39 Å². The SMILES string of the molecule is FC1(Cc2cccc(Cl)c2Cl)CCCNC1. The molecule has 0 amide bonds. The highest BCUT2D eigenvalue weighted by atomic mass is 35.5.